The first-order valence-electron chi connectivity index (χ1n) is 5.74. The number of aliphatic hydroxyl groups excluding tert-OH is 1. The van der Waals surface area contributed by atoms with Crippen LogP contribution < -0.4 is 0 Å². The highest BCUT2D eigenvalue weighted by atomic mass is 16.3. The van der Waals surface area contributed by atoms with Gasteiger partial charge in [-0.1, -0.05) is 42.0 Å². The molecule has 1 aliphatic carbocycles. The summed E-state index contributed by atoms with van der Waals surface area (Å²) < 4.78 is 0. The van der Waals surface area contributed by atoms with Crippen molar-refractivity contribution in [3.05, 3.63) is 47.5 Å². The highest BCUT2D eigenvalue weighted by Crippen LogP contribution is 2.20. The molecule has 0 aliphatic heterocycles. The van der Waals surface area contributed by atoms with Crippen molar-refractivity contribution in [3.63, 3.8) is 0 Å². The van der Waals surface area contributed by atoms with Gasteiger partial charge in [0, 0.05) is 0 Å². The summed E-state index contributed by atoms with van der Waals surface area (Å²) in [5.74, 6) is 0. The van der Waals surface area contributed by atoms with E-state index in [0.717, 1.165) is 32.1 Å². The molecule has 0 heterocycles. The maximum atomic E-state index is 9.54. The average molecular weight is 202 g/mol. The maximum Gasteiger partial charge on any atom is 0.0546 e. The number of allylic oxidation sites excluding steroid dienone is 2. The first-order chi connectivity index (χ1) is 7.34. The van der Waals surface area contributed by atoms with E-state index in [9.17, 15) is 5.11 Å². The van der Waals surface area contributed by atoms with Gasteiger partial charge in [0.1, 0.15) is 0 Å². The molecule has 1 aliphatic rings. The Kier molecular flexibility index (Phi) is 3.57. The van der Waals surface area contributed by atoms with Gasteiger partial charge in [-0.15, -0.1) is 0 Å². The van der Waals surface area contributed by atoms with Crippen LogP contribution >= 0.6 is 0 Å². The zero-order valence-electron chi connectivity index (χ0n) is 9.02. The molecule has 1 heteroatoms. The smallest absolute Gasteiger partial charge is 0.0546 e. The summed E-state index contributed by atoms with van der Waals surface area (Å²) in [6.07, 6.45) is 7.21. The average Bonchev–Trinajstić information content (AvgIpc) is 2.46. The van der Waals surface area contributed by atoms with Gasteiger partial charge in [0.15, 0.2) is 0 Å². The van der Waals surface area contributed by atoms with Crippen LogP contribution in [0.2, 0.25) is 0 Å². The van der Waals surface area contributed by atoms with Crippen molar-refractivity contribution in [1.29, 1.82) is 0 Å². The van der Waals surface area contributed by atoms with Crippen molar-refractivity contribution in [3.8, 4) is 0 Å². The summed E-state index contributed by atoms with van der Waals surface area (Å²) in [4.78, 5) is 0. The Labute approximate surface area is 91.4 Å². The van der Waals surface area contributed by atoms with E-state index in [1.165, 1.54) is 11.1 Å². The fourth-order valence-electron chi connectivity index (χ4n) is 2.10. The molecule has 0 fully saturated rings. The molecule has 0 saturated carbocycles. The predicted octanol–water partition coefficient (Wildman–Crippen LogP) is 3.09. The Balaban J connectivity index is 1.97. The first kappa shape index (κ1) is 10.4. The van der Waals surface area contributed by atoms with Crippen molar-refractivity contribution in [1.82, 2.24) is 0 Å². The molecule has 1 aromatic carbocycles. The van der Waals surface area contributed by atoms with Crippen molar-refractivity contribution in [2.45, 2.75) is 38.2 Å². The zero-order chi connectivity index (χ0) is 10.5. The highest BCUT2D eigenvalue weighted by molar-refractivity contribution is 5.22. The van der Waals surface area contributed by atoms with Gasteiger partial charge in [-0.3, -0.25) is 0 Å². The maximum absolute atomic E-state index is 9.54. The van der Waals surface area contributed by atoms with Gasteiger partial charge in [-0.05, 0) is 37.7 Å². The van der Waals surface area contributed by atoms with E-state index in [2.05, 4.69) is 36.4 Å². The lowest BCUT2D eigenvalue weighted by molar-refractivity contribution is 0.158. The topological polar surface area (TPSA) is 20.2 Å². The molecular formula is C14H18O. The lowest BCUT2D eigenvalue weighted by atomic mass is 10.0. The molecule has 0 aromatic heterocycles. The summed E-state index contributed by atoms with van der Waals surface area (Å²) in [5, 5.41) is 9.54. The minimum absolute atomic E-state index is 0.0884. The fourth-order valence-corrected chi connectivity index (χ4v) is 2.10. The second-order valence-electron chi connectivity index (χ2n) is 4.29. The van der Waals surface area contributed by atoms with Crippen LogP contribution in [0.25, 0.3) is 0 Å². The van der Waals surface area contributed by atoms with Crippen molar-refractivity contribution < 1.29 is 5.11 Å². The number of aliphatic hydroxyl groups is 1. The Hall–Kier alpha value is -1.08. The van der Waals surface area contributed by atoms with Crippen LogP contribution in [-0.4, -0.2) is 11.2 Å². The van der Waals surface area contributed by atoms with E-state index in [1.807, 2.05) is 0 Å². The molecule has 80 valence electrons. The summed E-state index contributed by atoms with van der Waals surface area (Å²) >= 11 is 0. The molecule has 0 saturated heterocycles. The van der Waals surface area contributed by atoms with Crippen LogP contribution in [0.5, 0.6) is 0 Å². The normalized spacial score (nSPS) is 21.9. The minimum Gasteiger partial charge on any atom is -0.393 e. The number of rotatable bonds is 2. The summed E-state index contributed by atoms with van der Waals surface area (Å²) in [6.45, 7) is 0. The molecule has 0 spiro atoms. The molecule has 0 bridgehead atoms. The Morgan fingerprint density at radius 3 is 2.73 bits per heavy atom. The standard InChI is InChI=1S/C14H18O/c15-14-8-4-7-13(9-10-14)11-12-5-2-1-3-6-12/h1-3,5-7,14-15H,4,8-11H2. The third-order valence-corrected chi connectivity index (χ3v) is 3.01. The molecule has 0 amide bonds. The minimum atomic E-state index is -0.0884. The second kappa shape index (κ2) is 5.13. The van der Waals surface area contributed by atoms with Crippen molar-refractivity contribution in [2.75, 3.05) is 0 Å². The van der Waals surface area contributed by atoms with Gasteiger partial charge in [0.25, 0.3) is 0 Å². The van der Waals surface area contributed by atoms with Crippen LogP contribution in [0.4, 0.5) is 0 Å². The van der Waals surface area contributed by atoms with Crippen LogP contribution in [0, 0.1) is 0 Å². The first-order valence-corrected chi connectivity index (χ1v) is 5.74. The SMILES string of the molecule is OC1CCC=C(Cc2ccccc2)CC1. The highest BCUT2D eigenvalue weighted by Gasteiger charge is 2.10. The van der Waals surface area contributed by atoms with E-state index >= 15 is 0 Å². The van der Waals surface area contributed by atoms with Gasteiger partial charge in [0.05, 0.1) is 6.10 Å². The predicted molar refractivity (Wildman–Crippen MR) is 62.7 cm³/mol. The number of hydrogen-bond acceptors (Lipinski definition) is 1. The Bertz CT molecular complexity index is 326. The molecule has 1 N–H and O–H groups in total. The largest absolute Gasteiger partial charge is 0.393 e. The third-order valence-electron chi connectivity index (χ3n) is 3.01. The number of hydrogen-bond donors (Lipinski definition) is 1. The van der Waals surface area contributed by atoms with Gasteiger partial charge in [-0.25, -0.2) is 0 Å². The lowest BCUT2D eigenvalue weighted by Crippen LogP contribution is -2.03. The number of benzene rings is 1. The molecule has 1 unspecified atom stereocenters. The molecule has 0 radical (unpaired) electrons. The molecule has 2 rings (SSSR count). The van der Waals surface area contributed by atoms with Gasteiger partial charge < -0.3 is 5.11 Å². The van der Waals surface area contributed by atoms with Gasteiger partial charge in [-0.2, -0.15) is 0 Å². The molecular weight excluding hydrogens is 184 g/mol. The summed E-state index contributed by atoms with van der Waals surface area (Å²) in [7, 11) is 0. The quantitative estimate of drug-likeness (QED) is 0.731. The van der Waals surface area contributed by atoms with Crippen molar-refractivity contribution in [2.24, 2.45) is 0 Å². The van der Waals surface area contributed by atoms with Crippen LogP contribution in [-0.2, 0) is 6.42 Å². The zero-order valence-corrected chi connectivity index (χ0v) is 9.02. The molecule has 1 nitrogen and oxygen atoms in total. The van der Waals surface area contributed by atoms with Gasteiger partial charge >= 0.3 is 0 Å². The van der Waals surface area contributed by atoms with Gasteiger partial charge in [0.2, 0.25) is 0 Å². The molecule has 1 aromatic rings. The van der Waals surface area contributed by atoms with E-state index < -0.39 is 0 Å². The summed E-state index contributed by atoms with van der Waals surface area (Å²) in [6, 6.07) is 10.6. The van der Waals surface area contributed by atoms with E-state index in [-0.39, 0.29) is 6.10 Å². The monoisotopic (exact) mass is 202 g/mol. The van der Waals surface area contributed by atoms with Crippen LogP contribution in [0.1, 0.15) is 31.2 Å². The molecule has 15 heavy (non-hydrogen) atoms. The van der Waals surface area contributed by atoms with Crippen LogP contribution in [0.15, 0.2) is 42.0 Å². The third kappa shape index (κ3) is 3.21. The second-order valence-corrected chi connectivity index (χ2v) is 4.29. The fraction of sp³-hybridized carbons (Fsp3) is 0.429. The van der Waals surface area contributed by atoms with Crippen molar-refractivity contribution >= 4 is 0 Å². The van der Waals surface area contributed by atoms with E-state index in [4.69, 9.17) is 0 Å². The summed E-state index contributed by atoms with van der Waals surface area (Å²) in [5.41, 5.74) is 2.86. The molecule has 1 atom stereocenters. The lowest BCUT2D eigenvalue weighted by Gasteiger charge is -2.07. The van der Waals surface area contributed by atoms with Crippen LogP contribution in [0.3, 0.4) is 0 Å². The van der Waals surface area contributed by atoms with E-state index in [1.54, 1.807) is 0 Å². The van der Waals surface area contributed by atoms with E-state index in [0.29, 0.717) is 0 Å². The Morgan fingerprint density at radius 2 is 1.93 bits per heavy atom. The Morgan fingerprint density at radius 1 is 1.13 bits per heavy atom.